The second-order valence-corrected chi connectivity index (χ2v) is 3.68. The predicted molar refractivity (Wildman–Crippen MR) is 63.8 cm³/mol. The molecule has 1 heterocycles. The fraction of sp³-hybridized carbons (Fsp3) is 0.0909. The van der Waals surface area contributed by atoms with Crippen LogP contribution in [0.25, 0.3) is 0 Å². The number of phenols is 1. The quantitative estimate of drug-likeness (QED) is 0.625. The number of aryl methyl sites for hydroxylation is 1. The van der Waals surface area contributed by atoms with Gasteiger partial charge in [0.25, 0.3) is 5.91 Å². The van der Waals surface area contributed by atoms with Gasteiger partial charge in [0, 0.05) is 0 Å². The first-order valence-electron chi connectivity index (χ1n) is 4.97. The average Bonchev–Trinajstić information content (AvgIpc) is 2.64. The van der Waals surface area contributed by atoms with Crippen LogP contribution in [0.3, 0.4) is 0 Å². The first-order chi connectivity index (χ1) is 8.08. The molecule has 0 fully saturated rings. The molecule has 0 bridgehead atoms. The molecule has 0 saturated carbocycles. The summed E-state index contributed by atoms with van der Waals surface area (Å²) in [6.45, 7) is 1.83. The van der Waals surface area contributed by atoms with Crippen LogP contribution in [0.5, 0.6) is 5.75 Å². The zero-order valence-corrected chi connectivity index (χ0v) is 9.19. The van der Waals surface area contributed by atoms with E-state index in [1.54, 1.807) is 12.1 Å². The first kappa shape index (κ1) is 11.0. The number of nitrogen functional groups attached to an aromatic ring is 1. The van der Waals surface area contributed by atoms with Crippen molar-refractivity contribution in [2.24, 2.45) is 0 Å². The zero-order chi connectivity index (χ0) is 12.4. The number of nitrogens with one attached hydrogen (secondary N) is 2. The standard InChI is InChI=1S/C11H12N4O2/c1-6-2-3-7(9(16)4-6)11(17)14-10-8(12)5-13-15-10/h2-5,16H,12H2,1H3,(H2,13,14,15,17). The number of aromatic nitrogens is 2. The number of carbonyl (C=O) groups is 1. The smallest absolute Gasteiger partial charge is 0.260 e. The van der Waals surface area contributed by atoms with E-state index in [4.69, 9.17) is 5.73 Å². The summed E-state index contributed by atoms with van der Waals surface area (Å²) in [5, 5.41) is 18.4. The maximum atomic E-state index is 11.8. The number of anilines is 2. The Morgan fingerprint density at radius 2 is 2.29 bits per heavy atom. The van der Waals surface area contributed by atoms with E-state index in [2.05, 4.69) is 15.5 Å². The summed E-state index contributed by atoms with van der Waals surface area (Å²) in [6, 6.07) is 4.81. The van der Waals surface area contributed by atoms with E-state index >= 15 is 0 Å². The molecule has 17 heavy (non-hydrogen) atoms. The summed E-state index contributed by atoms with van der Waals surface area (Å²) in [5.74, 6) is -0.200. The summed E-state index contributed by atoms with van der Waals surface area (Å²) in [6.07, 6.45) is 1.39. The molecule has 0 saturated heterocycles. The van der Waals surface area contributed by atoms with E-state index in [9.17, 15) is 9.90 Å². The molecule has 1 aromatic carbocycles. The van der Waals surface area contributed by atoms with Crippen LogP contribution in [0.1, 0.15) is 15.9 Å². The van der Waals surface area contributed by atoms with Crippen molar-refractivity contribution in [2.45, 2.75) is 6.92 Å². The molecule has 0 aliphatic rings. The lowest BCUT2D eigenvalue weighted by Gasteiger charge is -2.06. The van der Waals surface area contributed by atoms with E-state index in [1.807, 2.05) is 6.92 Å². The fourth-order valence-electron chi connectivity index (χ4n) is 1.41. The molecule has 0 unspecified atom stereocenters. The van der Waals surface area contributed by atoms with E-state index in [1.165, 1.54) is 12.3 Å². The van der Waals surface area contributed by atoms with Gasteiger partial charge in [0.1, 0.15) is 5.75 Å². The van der Waals surface area contributed by atoms with Crippen LogP contribution in [0.15, 0.2) is 24.4 Å². The van der Waals surface area contributed by atoms with Crippen LogP contribution in [0, 0.1) is 6.92 Å². The maximum absolute atomic E-state index is 11.8. The third kappa shape index (κ3) is 2.20. The van der Waals surface area contributed by atoms with Crippen LogP contribution in [0.2, 0.25) is 0 Å². The van der Waals surface area contributed by atoms with Gasteiger partial charge in [-0.25, -0.2) is 0 Å². The van der Waals surface area contributed by atoms with Gasteiger partial charge in [-0.2, -0.15) is 5.10 Å². The van der Waals surface area contributed by atoms with Gasteiger partial charge in [0.15, 0.2) is 5.82 Å². The minimum atomic E-state index is -0.446. The fourth-order valence-corrected chi connectivity index (χ4v) is 1.41. The number of nitrogens with two attached hydrogens (primary N) is 1. The van der Waals surface area contributed by atoms with Gasteiger partial charge in [-0.1, -0.05) is 6.07 Å². The van der Waals surface area contributed by atoms with Gasteiger partial charge < -0.3 is 16.2 Å². The van der Waals surface area contributed by atoms with Gasteiger partial charge in [-0.3, -0.25) is 9.89 Å². The Morgan fingerprint density at radius 3 is 2.88 bits per heavy atom. The van der Waals surface area contributed by atoms with E-state index < -0.39 is 5.91 Å². The van der Waals surface area contributed by atoms with Crippen LogP contribution >= 0.6 is 0 Å². The summed E-state index contributed by atoms with van der Waals surface area (Å²) < 4.78 is 0. The Morgan fingerprint density at radius 1 is 1.53 bits per heavy atom. The SMILES string of the molecule is Cc1ccc(C(=O)Nc2[nH]ncc2N)c(O)c1. The Balaban J connectivity index is 2.23. The second kappa shape index (κ2) is 4.17. The van der Waals surface area contributed by atoms with Gasteiger partial charge in [0.05, 0.1) is 17.4 Å². The molecule has 88 valence electrons. The monoisotopic (exact) mass is 232 g/mol. The van der Waals surface area contributed by atoms with E-state index in [0.29, 0.717) is 11.5 Å². The molecule has 1 aromatic heterocycles. The molecule has 0 atom stereocenters. The van der Waals surface area contributed by atoms with Crippen molar-refractivity contribution in [2.75, 3.05) is 11.1 Å². The third-order valence-corrected chi connectivity index (χ3v) is 2.31. The van der Waals surface area contributed by atoms with Gasteiger partial charge in [-0.05, 0) is 24.6 Å². The molecule has 0 aliphatic heterocycles. The van der Waals surface area contributed by atoms with Crippen molar-refractivity contribution in [3.05, 3.63) is 35.5 Å². The first-order valence-corrected chi connectivity index (χ1v) is 4.97. The number of benzene rings is 1. The molecular formula is C11H12N4O2. The number of hydrogen-bond donors (Lipinski definition) is 4. The Kier molecular flexibility index (Phi) is 2.70. The lowest BCUT2D eigenvalue weighted by Crippen LogP contribution is -2.13. The molecule has 1 amide bonds. The highest BCUT2D eigenvalue weighted by molar-refractivity contribution is 6.06. The van der Waals surface area contributed by atoms with Crippen LogP contribution in [0.4, 0.5) is 11.5 Å². The number of H-pyrrole nitrogens is 1. The van der Waals surface area contributed by atoms with Crippen molar-refractivity contribution in [3.8, 4) is 5.75 Å². The molecule has 0 aliphatic carbocycles. The molecule has 2 rings (SSSR count). The Hall–Kier alpha value is -2.50. The second-order valence-electron chi connectivity index (χ2n) is 3.68. The summed E-state index contributed by atoms with van der Waals surface area (Å²) in [7, 11) is 0. The Labute approximate surface area is 97.5 Å². The highest BCUT2D eigenvalue weighted by Crippen LogP contribution is 2.20. The molecule has 6 nitrogen and oxygen atoms in total. The topological polar surface area (TPSA) is 104 Å². The van der Waals surface area contributed by atoms with Crippen LogP contribution in [-0.2, 0) is 0 Å². The minimum absolute atomic E-state index is 0.0689. The van der Waals surface area contributed by atoms with Crippen molar-refractivity contribution < 1.29 is 9.90 Å². The van der Waals surface area contributed by atoms with Crippen LogP contribution in [-0.4, -0.2) is 21.2 Å². The number of carbonyl (C=O) groups excluding carboxylic acids is 1. The summed E-state index contributed by atoms with van der Waals surface area (Å²) in [5.41, 5.74) is 6.96. The third-order valence-electron chi connectivity index (χ3n) is 2.31. The predicted octanol–water partition coefficient (Wildman–Crippen LogP) is 1.26. The van der Waals surface area contributed by atoms with Crippen molar-refractivity contribution in [3.63, 3.8) is 0 Å². The van der Waals surface area contributed by atoms with E-state index in [-0.39, 0.29) is 11.3 Å². The molecule has 6 heteroatoms. The number of aromatic amines is 1. The summed E-state index contributed by atoms with van der Waals surface area (Å²) in [4.78, 5) is 11.8. The molecule has 2 aromatic rings. The number of rotatable bonds is 2. The number of nitrogens with zero attached hydrogens (tertiary/aromatic N) is 1. The molecule has 0 spiro atoms. The lowest BCUT2D eigenvalue weighted by atomic mass is 10.1. The van der Waals surface area contributed by atoms with Crippen molar-refractivity contribution in [1.29, 1.82) is 0 Å². The number of amides is 1. The average molecular weight is 232 g/mol. The van der Waals surface area contributed by atoms with Gasteiger partial charge in [0.2, 0.25) is 0 Å². The lowest BCUT2D eigenvalue weighted by molar-refractivity contribution is 0.102. The molecule has 5 N–H and O–H groups in total. The Bertz CT molecular complexity index is 562. The molecular weight excluding hydrogens is 220 g/mol. The zero-order valence-electron chi connectivity index (χ0n) is 9.19. The van der Waals surface area contributed by atoms with Gasteiger partial charge in [-0.15, -0.1) is 0 Å². The molecule has 0 radical (unpaired) electrons. The normalized spacial score (nSPS) is 10.2. The summed E-state index contributed by atoms with van der Waals surface area (Å²) >= 11 is 0. The number of phenolic OH excluding ortho intramolecular Hbond substituents is 1. The van der Waals surface area contributed by atoms with E-state index in [0.717, 1.165) is 5.56 Å². The van der Waals surface area contributed by atoms with Crippen molar-refractivity contribution >= 4 is 17.4 Å². The minimum Gasteiger partial charge on any atom is -0.507 e. The maximum Gasteiger partial charge on any atom is 0.260 e. The van der Waals surface area contributed by atoms with Crippen molar-refractivity contribution in [1.82, 2.24) is 10.2 Å². The highest BCUT2D eigenvalue weighted by atomic mass is 16.3. The number of hydrogen-bond acceptors (Lipinski definition) is 4. The van der Waals surface area contributed by atoms with Gasteiger partial charge >= 0.3 is 0 Å². The van der Waals surface area contributed by atoms with Crippen LogP contribution < -0.4 is 11.1 Å². The highest BCUT2D eigenvalue weighted by Gasteiger charge is 2.13. The largest absolute Gasteiger partial charge is 0.507 e. The number of aromatic hydroxyl groups is 1.